The van der Waals surface area contributed by atoms with Crippen molar-refractivity contribution in [3.63, 3.8) is 0 Å². The predicted octanol–water partition coefficient (Wildman–Crippen LogP) is 4.12. The van der Waals surface area contributed by atoms with Crippen LogP contribution in [0.5, 0.6) is 5.75 Å². The maximum Gasteiger partial charge on any atom is 0.355 e. The molecule has 2 aromatic rings. The zero-order valence-electron chi connectivity index (χ0n) is 22.5. The molecule has 0 aliphatic heterocycles. The van der Waals surface area contributed by atoms with Crippen LogP contribution >= 0.6 is 9.24 Å². The van der Waals surface area contributed by atoms with Gasteiger partial charge in [-0.1, -0.05) is 17.7 Å². The number of rotatable bonds is 11. The molecule has 0 spiro atoms. The fourth-order valence-corrected chi connectivity index (χ4v) is 3.55. The number of allylic oxidation sites excluding steroid dienone is 8. The fraction of sp³-hybridized carbons (Fsp3) is 0.296. The van der Waals surface area contributed by atoms with E-state index >= 15 is 0 Å². The van der Waals surface area contributed by atoms with Crippen molar-refractivity contribution in [2.24, 2.45) is 5.73 Å². The van der Waals surface area contributed by atoms with Crippen LogP contribution in [0.4, 0.5) is 20.4 Å². The highest BCUT2D eigenvalue weighted by molar-refractivity contribution is 7.23. The Hall–Kier alpha value is -3.66. The van der Waals surface area contributed by atoms with Gasteiger partial charge in [0, 0.05) is 11.0 Å². The van der Waals surface area contributed by atoms with E-state index in [4.69, 9.17) is 10.5 Å². The fourth-order valence-electron chi connectivity index (χ4n) is 3.34. The first-order valence-corrected chi connectivity index (χ1v) is 12.5. The molecule has 39 heavy (non-hydrogen) atoms. The summed E-state index contributed by atoms with van der Waals surface area (Å²) in [7, 11) is 3.73. The molecule has 12 heteroatoms. The second kappa shape index (κ2) is 14.5. The van der Waals surface area contributed by atoms with Crippen LogP contribution in [0.15, 0.2) is 86.3 Å². The normalized spacial score (nSPS) is 13.8. The van der Waals surface area contributed by atoms with Crippen LogP contribution in [-0.2, 0) is 13.1 Å². The maximum atomic E-state index is 13.8. The van der Waals surface area contributed by atoms with Crippen molar-refractivity contribution in [2.45, 2.75) is 47.0 Å². The number of halogens is 2. The van der Waals surface area contributed by atoms with Gasteiger partial charge in [-0.25, -0.2) is 22.9 Å². The first-order chi connectivity index (χ1) is 18.4. The van der Waals surface area contributed by atoms with Gasteiger partial charge >= 0.3 is 11.4 Å². The Bertz CT molecular complexity index is 1460. The number of anilines is 2. The van der Waals surface area contributed by atoms with E-state index in [0.717, 1.165) is 26.3 Å². The molecular weight excluding hydrogens is 527 g/mol. The Balaban J connectivity index is 2.77. The third kappa shape index (κ3) is 8.95. The summed E-state index contributed by atoms with van der Waals surface area (Å²) in [5.74, 6) is -0.0325. The van der Waals surface area contributed by atoms with Gasteiger partial charge in [0.1, 0.15) is 17.8 Å². The molecule has 2 atom stereocenters. The van der Waals surface area contributed by atoms with E-state index in [9.17, 15) is 23.5 Å². The van der Waals surface area contributed by atoms with E-state index in [0.29, 0.717) is 11.4 Å². The first kappa shape index (κ1) is 31.6. The van der Waals surface area contributed by atoms with Gasteiger partial charge < -0.3 is 20.9 Å². The van der Waals surface area contributed by atoms with E-state index in [1.807, 2.05) is 13.8 Å². The molecule has 0 amide bonds. The molecule has 1 aromatic carbocycles. The topological polar surface area (TPSA) is 124 Å². The number of nitrogens with two attached hydrogens (primary N) is 1. The summed E-state index contributed by atoms with van der Waals surface area (Å²) in [6.45, 7) is 6.09. The number of nitrogens with one attached hydrogen (secondary N) is 1. The van der Waals surface area contributed by atoms with Crippen molar-refractivity contribution in [3.8, 4) is 5.75 Å². The van der Waals surface area contributed by atoms with E-state index in [1.165, 1.54) is 26.2 Å². The number of aliphatic hydroxyl groups excluding tert-OH is 1. The van der Waals surface area contributed by atoms with Gasteiger partial charge in [-0.15, -0.1) is 9.24 Å². The van der Waals surface area contributed by atoms with Crippen LogP contribution < -0.4 is 27.2 Å². The van der Waals surface area contributed by atoms with Gasteiger partial charge in [0.15, 0.2) is 0 Å². The molecule has 1 aromatic heterocycles. The highest BCUT2D eigenvalue weighted by atomic mass is 31.0. The van der Waals surface area contributed by atoms with Gasteiger partial charge in [-0.3, -0.25) is 4.57 Å². The molecule has 210 valence electrons. The number of nitrogens with zero attached hydrogens (tertiary/aromatic N) is 3. The zero-order valence-corrected chi connectivity index (χ0v) is 23.7. The SMILES string of the molecule is COc1ccc(Nc2nc(=O)n(C/C(=C/C=C(C)C)C(N)O)c(=O)n2CC(/C=C/F)=C/C(P)=C(\C)F)c(C)c1. The van der Waals surface area contributed by atoms with Crippen molar-refractivity contribution >= 4 is 20.9 Å². The minimum absolute atomic E-state index is 0.123. The molecule has 4 N–H and O–H groups in total. The van der Waals surface area contributed by atoms with E-state index in [1.54, 1.807) is 31.2 Å². The highest BCUT2D eigenvalue weighted by Gasteiger charge is 2.18. The summed E-state index contributed by atoms with van der Waals surface area (Å²) in [5.41, 5.74) is 6.55. The van der Waals surface area contributed by atoms with Gasteiger partial charge in [-0.05, 0) is 74.8 Å². The lowest BCUT2D eigenvalue weighted by Crippen LogP contribution is -2.44. The van der Waals surface area contributed by atoms with Crippen LogP contribution in [0.25, 0.3) is 0 Å². The van der Waals surface area contributed by atoms with E-state index < -0.39 is 23.4 Å². The van der Waals surface area contributed by atoms with E-state index in [2.05, 4.69) is 19.5 Å². The summed E-state index contributed by atoms with van der Waals surface area (Å²) >= 11 is 0. The van der Waals surface area contributed by atoms with E-state index in [-0.39, 0.29) is 41.8 Å². The minimum Gasteiger partial charge on any atom is -0.497 e. The van der Waals surface area contributed by atoms with Crippen molar-refractivity contribution in [1.82, 2.24) is 14.1 Å². The summed E-state index contributed by atoms with van der Waals surface area (Å²) in [4.78, 5) is 30.8. The van der Waals surface area contributed by atoms with Gasteiger partial charge in [-0.2, -0.15) is 4.98 Å². The van der Waals surface area contributed by atoms with Crippen molar-refractivity contribution in [3.05, 3.63) is 103 Å². The molecule has 0 aliphatic rings. The van der Waals surface area contributed by atoms with Crippen LogP contribution in [0.2, 0.25) is 0 Å². The first-order valence-electron chi connectivity index (χ1n) is 11.9. The average Bonchev–Trinajstić information content (AvgIpc) is 2.86. The number of aliphatic hydroxyl groups is 1. The van der Waals surface area contributed by atoms with Crippen LogP contribution in [-0.4, -0.2) is 32.6 Å². The lowest BCUT2D eigenvalue weighted by molar-refractivity contribution is 0.212. The molecule has 0 saturated carbocycles. The van der Waals surface area contributed by atoms with Crippen LogP contribution in [0, 0.1) is 6.92 Å². The van der Waals surface area contributed by atoms with Crippen molar-refractivity contribution < 1.29 is 18.6 Å². The number of hydrogen-bond donors (Lipinski definition) is 3. The Morgan fingerprint density at radius 1 is 1.23 bits per heavy atom. The molecule has 0 bridgehead atoms. The molecule has 2 unspecified atom stereocenters. The number of methoxy groups -OCH3 is 1. The number of aryl methyl sites for hydroxylation is 1. The summed E-state index contributed by atoms with van der Waals surface area (Å²) in [6, 6.07) is 5.13. The monoisotopic (exact) mass is 561 g/mol. The number of benzene rings is 1. The van der Waals surface area contributed by atoms with Crippen LogP contribution in [0.1, 0.15) is 26.3 Å². The summed E-state index contributed by atoms with van der Waals surface area (Å²) in [6.07, 6.45) is 4.45. The number of aromatic nitrogens is 3. The lowest BCUT2D eigenvalue weighted by Gasteiger charge is -2.18. The van der Waals surface area contributed by atoms with Gasteiger partial charge in [0.2, 0.25) is 5.95 Å². The molecular formula is C27H34F2N5O4P. The minimum atomic E-state index is -1.44. The van der Waals surface area contributed by atoms with Gasteiger partial charge in [0.05, 0.1) is 26.5 Å². The average molecular weight is 562 g/mol. The molecule has 0 saturated heterocycles. The molecule has 1 heterocycles. The smallest absolute Gasteiger partial charge is 0.355 e. The number of ether oxygens (including phenoxy) is 1. The highest BCUT2D eigenvalue weighted by Crippen LogP contribution is 2.24. The summed E-state index contributed by atoms with van der Waals surface area (Å²) in [5, 5.41) is 13.2. The second-order valence-electron chi connectivity index (χ2n) is 8.91. The quantitative estimate of drug-likeness (QED) is 0.214. The van der Waals surface area contributed by atoms with Crippen molar-refractivity contribution in [2.75, 3.05) is 12.4 Å². The van der Waals surface area contributed by atoms with Crippen molar-refractivity contribution in [1.29, 1.82) is 0 Å². The molecule has 2 rings (SSSR count). The Morgan fingerprint density at radius 2 is 1.92 bits per heavy atom. The van der Waals surface area contributed by atoms with Gasteiger partial charge in [0.25, 0.3) is 0 Å². The number of hydrogen-bond acceptors (Lipinski definition) is 7. The lowest BCUT2D eigenvalue weighted by atomic mass is 10.2. The second-order valence-corrected chi connectivity index (χ2v) is 9.53. The third-order valence-corrected chi connectivity index (χ3v) is 6.10. The standard InChI is InChI=1S/C27H34F2N5O4P/c1-16(2)6-7-20(24(30)35)15-34-26(36)32-25(31-22-9-8-21(38-5)12-17(22)3)33(27(34)37)14-19(10-11-28)13-23(39)18(4)29/h6-13,24,35H,14-15,30,39H2,1-5H3,(H,31,32,36)/b11-10+,19-13+,20-7-,23-18-. The zero-order chi connectivity index (χ0) is 29.3. The largest absolute Gasteiger partial charge is 0.497 e. The van der Waals surface area contributed by atoms with Crippen LogP contribution in [0.3, 0.4) is 0 Å². The molecule has 0 radical (unpaired) electrons. The summed E-state index contributed by atoms with van der Waals surface area (Å²) < 4.78 is 34.1. The maximum absolute atomic E-state index is 13.8. The Morgan fingerprint density at radius 3 is 2.46 bits per heavy atom. The Kier molecular flexibility index (Phi) is 11.7. The molecule has 0 aliphatic carbocycles. The predicted molar refractivity (Wildman–Crippen MR) is 153 cm³/mol. The Labute approximate surface area is 227 Å². The third-order valence-electron chi connectivity index (χ3n) is 5.54. The molecule has 0 fully saturated rings. The molecule has 9 nitrogen and oxygen atoms in total.